The van der Waals surface area contributed by atoms with Crippen molar-refractivity contribution < 1.29 is 14.3 Å². The Morgan fingerprint density at radius 2 is 2.14 bits per heavy atom. The van der Waals surface area contributed by atoms with Crippen molar-refractivity contribution in [3.63, 3.8) is 0 Å². The first-order valence-electron chi connectivity index (χ1n) is 6.32. The molecule has 2 aromatic rings. The van der Waals surface area contributed by atoms with Gasteiger partial charge in [0.1, 0.15) is 4.88 Å². The highest BCUT2D eigenvalue weighted by Gasteiger charge is 2.25. The number of thiophene rings is 1. The van der Waals surface area contributed by atoms with Gasteiger partial charge < -0.3 is 9.64 Å². The molecule has 0 radical (unpaired) electrons. The molecule has 0 fully saturated rings. The number of esters is 1. The van der Waals surface area contributed by atoms with E-state index < -0.39 is 5.97 Å². The van der Waals surface area contributed by atoms with E-state index in [4.69, 9.17) is 0 Å². The standard InChI is InChI=1S/C14H16N2O3S2/c1-8(10-6-5-7-20-10)16(3)14-15-11(13(18)19-4)12(21-14)9(2)17/h5-8H,1-4H3. The summed E-state index contributed by atoms with van der Waals surface area (Å²) in [7, 11) is 3.18. The summed E-state index contributed by atoms with van der Waals surface area (Å²) < 4.78 is 4.69. The second-order valence-corrected chi connectivity index (χ2v) is 6.48. The Balaban J connectivity index is 2.36. The Bertz CT molecular complexity index is 649. The zero-order valence-corrected chi connectivity index (χ0v) is 13.9. The lowest BCUT2D eigenvalue weighted by molar-refractivity contribution is 0.0591. The van der Waals surface area contributed by atoms with Crippen molar-refractivity contribution in [1.82, 2.24) is 4.98 Å². The van der Waals surface area contributed by atoms with Crippen LogP contribution in [0.3, 0.4) is 0 Å². The van der Waals surface area contributed by atoms with Crippen LogP contribution in [-0.2, 0) is 4.74 Å². The van der Waals surface area contributed by atoms with Gasteiger partial charge in [-0.25, -0.2) is 9.78 Å². The number of hydrogen-bond acceptors (Lipinski definition) is 7. The Labute approximate surface area is 131 Å². The third kappa shape index (κ3) is 3.14. The molecule has 0 aliphatic rings. The number of carbonyl (C=O) groups is 2. The second kappa shape index (κ2) is 6.36. The van der Waals surface area contributed by atoms with E-state index in [1.54, 1.807) is 11.3 Å². The second-order valence-electron chi connectivity index (χ2n) is 4.52. The Morgan fingerprint density at radius 3 is 2.67 bits per heavy atom. The van der Waals surface area contributed by atoms with Gasteiger partial charge in [0.15, 0.2) is 16.6 Å². The number of thiazole rings is 1. The first-order valence-corrected chi connectivity index (χ1v) is 8.01. The maximum Gasteiger partial charge on any atom is 0.358 e. The third-order valence-electron chi connectivity index (χ3n) is 3.15. The Morgan fingerprint density at radius 1 is 1.43 bits per heavy atom. The number of hydrogen-bond donors (Lipinski definition) is 0. The van der Waals surface area contributed by atoms with Crippen LogP contribution in [0, 0.1) is 0 Å². The molecule has 112 valence electrons. The average Bonchev–Trinajstić information content (AvgIpc) is 3.13. The van der Waals surface area contributed by atoms with E-state index >= 15 is 0 Å². The van der Waals surface area contributed by atoms with Crippen LogP contribution in [0.15, 0.2) is 17.5 Å². The highest BCUT2D eigenvalue weighted by molar-refractivity contribution is 7.17. The summed E-state index contributed by atoms with van der Waals surface area (Å²) in [6.45, 7) is 3.48. The molecular formula is C14H16N2O3S2. The molecule has 7 heteroatoms. The van der Waals surface area contributed by atoms with Gasteiger partial charge >= 0.3 is 5.97 Å². The van der Waals surface area contributed by atoms with Crippen LogP contribution in [0.25, 0.3) is 0 Å². The molecule has 2 rings (SSSR count). The van der Waals surface area contributed by atoms with Crippen LogP contribution in [0.1, 0.15) is 44.9 Å². The van der Waals surface area contributed by atoms with Crippen molar-refractivity contribution in [3.8, 4) is 0 Å². The smallest absolute Gasteiger partial charge is 0.358 e. The fourth-order valence-corrected chi connectivity index (χ4v) is 3.64. The Kier molecular flexibility index (Phi) is 4.74. The summed E-state index contributed by atoms with van der Waals surface area (Å²) in [6.07, 6.45) is 0. The number of methoxy groups -OCH3 is 1. The number of Topliss-reactive ketones (excluding diaryl/α,β-unsaturated/α-hetero) is 1. The maximum absolute atomic E-state index is 11.7. The molecule has 1 atom stereocenters. The van der Waals surface area contributed by atoms with E-state index in [1.165, 1.54) is 30.2 Å². The van der Waals surface area contributed by atoms with Crippen molar-refractivity contribution in [2.75, 3.05) is 19.1 Å². The van der Waals surface area contributed by atoms with Gasteiger partial charge in [0.2, 0.25) is 0 Å². The molecule has 5 nitrogen and oxygen atoms in total. The van der Waals surface area contributed by atoms with Crippen LogP contribution in [0.2, 0.25) is 0 Å². The van der Waals surface area contributed by atoms with Crippen molar-refractivity contribution in [3.05, 3.63) is 33.0 Å². The van der Waals surface area contributed by atoms with Crippen molar-refractivity contribution in [1.29, 1.82) is 0 Å². The molecule has 0 N–H and O–H groups in total. The summed E-state index contributed by atoms with van der Waals surface area (Å²) in [5.41, 5.74) is 0.0928. The van der Waals surface area contributed by atoms with Crippen molar-refractivity contribution in [2.24, 2.45) is 0 Å². The largest absolute Gasteiger partial charge is 0.464 e. The average molecular weight is 324 g/mol. The molecule has 0 aliphatic heterocycles. The quantitative estimate of drug-likeness (QED) is 0.623. The fraction of sp³-hybridized carbons (Fsp3) is 0.357. The van der Waals surface area contributed by atoms with Crippen molar-refractivity contribution in [2.45, 2.75) is 19.9 Å². The highest BCUT2D eigenvalue weighted by atomic mass is 32.1. The molecule has 2 aromatic heterocycles. The summed E-state index contributed by atoms with van der Waals surface area (Å²) in [5, 5.41) is 2.64. The number of nitrogens with zero attached hydrogens (tertiary/aromatic N) is 2. The number of anilines is 1. The summed E-state index contributed by atoms with van der Waals surface area (Å²) in [4.78, 5) is 31.2. The molecule has 2 heterocycles. The molecule has 1 unspecified atom stereocenters. The molecule has 0 bridgehead atoms. The number of ketones is 1. The van der Waals surface area contributed by atoms with E-state index in [-0.39, 0.29) is 17.5 Å². The van der Waals surface area contributed by atoms with Crippen LogP contribution < -0.4 is 4.90 Å². The van der Waals surface area contributed by atoms with Crippen molar-refractivity contribution >= 4 is 39.6 Å². The van der Waals surface area contributed by atoms with Gasteiger partial charge in [0, 0.05) is 18.8 Å². The lowest BCUT2D eigenvalue weighted by atomic mass is 10.2. The molecule has 0 spiro atoms. The molecular weight excluding hydrogens is 308 g/mol. The minimum absolute atomic E-state index is 0.0928. The first-order chi connectivity index (χ1) is 9.95. The number of ether oxygens (including phenoxy) is 1. The van der Waals surface area contributed by atoms with Crippen LogP contribution in [0.4, 0.5) is 5.13 Å². The van der Waals surface area contributed by atoms with Gasteiger partial charge in [-0.2, -0.15) is 0 Å². The predicted octanol–water partition coefficient (Wildman–Crippen LogP) is 3.39. The van der Waals surface area contributed by atoms with Gasteiger partial charge in [0.25, 0.3) is 0 Å². The van der Waals surface area contributed by atoms with Gasteiger partial charge in [0.05, 0.1) is 13.2 Å². The minimum atomic E-state index is -0.583. The number of rotatable bonds is 5. The number of carbonyl (C=O) groups excluding carboxylic acids is 2. The summed E-state index contributed by atoms with van der Waals surface area (Å²) in [6, 6.07) is 4.15. The summed E-state index contributed by atoms with van der Waals surface area (Å²) in [5.74, 6) is -0.767. The van der Waals surface area contributed by atoms with E-state index in [2.05, 4.69) is 16.6 Å². The zero-order valence-electron chi connectivity index (χ0n) is 12.2. The highest BCUT2D eigenvalue weighted by Crippen LogP contribution is 2.33. The minimum Gasteiger partial charge on any atom is -0.464 e. The maximum atomic E-state index is 11.7. The molecule has 0 aromatic carbocycles. The molecule has 0 amide bonds. The van der Waals surface area contributed by atoms with E-state index in [1.807, 2.05) is 29.5 Å². The van der Waals surface area contributed by atoms with Gasteiger partial charge in [-0.05, 0) is 18.4 Å². The van der Waals surface area contributed by atoms with E-state index in [0.29, 0.717) is 10.0 Å². The lowest BCUT2D eigenvalue weighted by Crippen LogP contribution is -2.20. The first kappa shape index (κ1) is 15.7. The zero-order chi connectivity index (χ0) is 15.6. The van der Waals surface area contributed by atoms with Crippen LogP contribution in [0.5, 0.6) is 0 Å². The van der Waals surface area contributed by atoms with Gasteiger partial charge in [-0.3, -0.25) is 4.79 Å². The molecule has 0 saturated heterocycles. The molecule has 0 saturated carbocycles. The van der Waals surface area contributed by atoms with E-state index in [0.717, 1.165) is 0 Å². The topological polar surface area (TPSA) is 59.5 Å². The SMILES string of the molecule is COC(=O)c1nc(N(C)C(C)c2cccs2)sc1C(C)=O. The predicted molar refractivity (Wildman–Crippen MR) is 84.6 cm³/mol. The monoisotopic (exact) mass is 324 g/mol. The van der Waals surface area contributed by atoms with E-state index in [9.17, 15) is 9.59 Å². The van der Waals surface area contributed by atoms with Crippen LogP contribution >= 0.6 is 22.7 Å². The van der Waals surface area contributed by atoms with Crippen LogP contribution in [-0.4, -0.2) is 30.9 Å². The third-order valence-corrected chi connectivity index (χ3v) is 5.44. The Hall–Kier alpha value is -1.73. The summed E-state index contributed by atoms with van der Waals surface area (Å²) >= 11 is 2.87. The molecule has 0 aliphatic carbocycles. The van der Waals surface area contributed by atoms with Gasteiger partial charge in [-0.1, -0.05) is 17.4 Å². The fourth-order valence-electron chi connectivity index (χ4n) is 1.82. The lowest BCUT2D eigenvalue weighted by Gasteiger charge is -2.23. The molecule has 21 heavy (non-hydrogen) atoms. The normalized spacial score (nSPS) is 12.0. The number of aromatic nitrogens is 1. The van der Waals surface area contributed by atoms with Gasteiger partial charge in [-0.15, -0.1) is 11.3 Å².